The molecule has 172 valence electrons. The molecule has 3 rings (SSSR count). The average molecular weight is 439 g/mol. The zero-order valence-corrected chi connectivity index (χ0v) is 19.6. The number of allylic oxidation sites excluding steroid dienone is 1. The van der Waals surface area contributed by atoms with Gasteiger partial charge in [0.15, 0.2) is 0 Å². The standard InChI is InChI=1S/C28H35FO3/c1-4-28(2,3)27(30)32-20-9-5-8-19-31-23-17-15-22(16-18-23)25-14-10-12-21-11-6-7-13-24(21)26(25)29/h6-7,11,13,15-18H,4-5,8-10,12,14,19-20H2,1-3H3. The molecular formula is C28H35FO3. The Morgan fingerprint density at radius 2 is 1.69 bits per heavy atom. The predicted molar refractivity (Wildman–Crippen MR) is 128 cm³/mol. The minimum atomic E-state index is -0.408. The first-order chi connectivity index (χ1) is 15.4. The van der Waals surface area contributed by atoms with Crippen LogP contribution in [0.4, 0.5) is 4.39 Å². The molecule has 0 N–H and O–H groups in total. The molecule has 0 fully saturated rings. The van der Waals surface area contributed by atoms with Crippen molar-refractivity contribution in [2.45, 2.75) is 65.7 Å². The van der Waals surface area contributed by atoms with Crippen LogP contribution < -0.4 is 4.74 Å². The summed E-state index contributed by atoms with van der Waals surface area (Å²) in [5, 5.41) is 0. The second-order valence-electron chi connectivity index (χ2n) is 9.11. The monoisotopic (exact) mass is 438 g/mol. The van der Waals surface area contributed by atoms with Crippen LogP contribution in [0.1, 0.15) is 76.0 Å². The molecule has 0 bridgehead atoms. The maximum absolute atomic E-state index is 15.2. The lowest BCUT2D eigenvalue weighted by molar-refractivity contribution is -0.154. The smallest absolute Gasteiger partial charge is 0.311 e. The van der Waals surface area contributed by atoms with Crippen molar-refractivity contribution in [1.29, 1.82) is 0 Å². The van der Waals surface area contributed by atoms with E-state index in [1.807, 2.05) is 69.3 Å². The van der Waals surface area contributed by atoms with Gasteiger partial charge in [-0.05, 0) is 87.6 Å². The van der Waals surface area contributed by atoms with Crippen molar-refractivity contribution >= 4 is 17.4 Å². The topological polar surface area (TPSA) is 35.5 Å². The van der Waals surface area contributed by atoms with E-state index in [1.165, 1.54) is 0 Å². The predicted octanol–water partition coefficient (Wildman–Crippen LogP) is 7.39. The molecule has 0 aliphatic heterocycles. The van der Waals surface area contributed by atoms with E-state index in [0.717, 1.165) is 73.0 Å². The molecule has 0 heterocycles. The Balaban J connectivity index is 1.44. The second kappa shape index (κ2) is 11.3. The number of aryl methyl sites for hydroxylation is 1. The molecular weight excluding hydrogens is 403 g/mol. The SMILES string of the molecule is CCC(C)(C)C(=O)OCCCCCOc1ccc(C2=C(F)c3ccccc3CCC2)cc1. The van der Waals surface area contributed by atoms with Gasteiger partial charge in [-0.2, -0.15) is 0 Å². The number of ether oxygens (including phenoxy) is 2. The van der Waals surface area contributed by atoms with Crippen LogP contribution >= 0.6 is 0 Å². The minimum absolute atomic E-state index is 0.102. The third-order valence-electron chi connectivity index (χ3n) is 6.32. The minimum Gasteiger partial charge on any atom is -0.494 e. The first-order valence-corrected chi connectivity index (χ1v) is 11.8. The summed E-state index contributed by atoms with van der Waals surface area (Å²) in [5.41, 5.74) is 3.10. The number of carbonyl (C=O) groups is 1. The number of hydrogen-bond acceptors (Lipinski definition) is 3. The van der Waals surface area contributed by atoms with Crippen molar-refractivity contribution in [2.75, 3.05) is 13.2 Å². The molecule has 1 aliphatic rings. The highest BCUT2D eigenvalue weighted by Crippen LogP contribution is 2.36. The number of rotatable bonds is 10. The molecule has 0 spiro atoms. The lowest BCUT2D eigenvalue weighted by atomic mass is 9.91. The van der Waals surface area contributed by atoms with Gasteiger partial charge in [-0.25, -0.2) is 4.39 Å². The van der Waals surface area contributed by atoms with E-state index in [-0.39, 0.29) is 11.8 Å². The number of unbranched alkanes of at least 4 members (excludes halogenated alkanes) is 2. The Labute approximate surface area is 191 Å². The first-order valence-electron chi connectivity index (χ1n) is 11.8. The van der Waals surface area contributed by atoms with Gasteiger partial charge in [0.05, 0.1) is 18.6 Å². The number of esters is 1. The van der Waals surface area contributed by atoms with Crippen molar-refractivity contribution in [1.82, 2.24) is 0 Å². The molecule has 2 aromatic rings. The van der Waals surface area contributed by atoms with E-state index in [1.54, 1.807) is 0 Å². The number of carbonyl (C=O) groups excluding carboxylic acids is 1. The van der Waals surface area contributed by atoms with Crippen LogP contribution in [0.25, 0.3) is 11.4 Å². The third kappa shape index (κ3) is 6.21. The molecule has 2 aromatic carbocycles. The molecule has 0 radical (unpaired) electrons. The third-order valence-corrected chi connectivity index (χ3v) is 6.32. The fourth-order valence-corrected chi connectivity index (χ4v) is 3.78. The zero-order valence-electron chi connectivity index (χ0n) is 19.6. The summed E-state index contributed by atoms with van der Waals surface area (Å²) in [7, 11) is 0. The fourth-order valence-electron chi connectivity index (χ4n) is 3.78. The Kier molecular flexibility index (Phi) is 8.49. The van der Waals surface area contributed by atoms with Crippen LogP contribution in [0, 0.1) is 5.41 Å². The van der Waals surface area contributed by atoms with Gasteiger partial charge in [-0.1, -0.05) is 43.3 Å². The zero-order chi connectivity index (χ0) is 23.0. The second-order valence-corrected chi connectivity index (χ2v) is 9.11. The molecule has 0 saturated heterocycles. The van der Waals surface area contributed by atoms with Crippen LogP contribution in [0.15, 0.2) is 48.5 Å². The van der Waals surface area contributed by atoms with Gasteiger partial charge < -0.3 is 9.47 Å². The summed E-state index contributed by atoms with van der Waals surface area (Å²) < 4.78 is 26.4. The highest BCUT2D eigenvalue weighted by molar-refractivity contribution is 5.88. The normalized spacial score (nSPS) is 14.0. The Bertz CT molecular complexity index is 928. The molecule has 0 unspecified atom stereocenters. The Morgan fingerprint density at radius 1 is 0.969 bits per heavy atom. The molecule has 1 aliphatic carbocycles. The van der Waals surface area contributed by atoms with Crippen LogP contribution in [0.3, 0.4) is 0 Å². The van der Waals surface area contributed by atoms with E-state index < -0.39 is 5.41 Å². The van der Waals surface area contributed by atoms with Gasteiger partial charge >= 0.3 is 5.97 Å². The average Bonchev–Trinajstić information content (AvgIpc) is 2.97. The van der Waals surface area contributed by atoms with E-state index in [4.69, 9.17) is 9.47 Å². The number of benzene rings is 2. The van der Waals surface area contributed by atoms with Gasteiger partial charge in [0.2, 0.25) is 0 Å². The molecule has 0 amide bonds. The Morgan fingerprint density at radius 3 is 2.44 bits per heavy atom. The number of halogens is 1. The van der Waals surface area contributed by atoms with Crippen molar-refractivity contribution in [2.24, 2.45) is 5.41 Å². The van der Waals surface area contributed by atoms with E-state index in [0.29, 0.717) is 13.2 Å². The number of hydrogen-bond donors (Lipinski definition) is 0. The van der Waals surface area contributed by atoms with Gasteiger partial charge in [0, 0.05) is 5.56 Å². The van der Waals surface area contributed by atoms with E-state index >= 15 is 4.39 Å². The highest BCUT2D eigenvalue weighted by Gasteiger charge is 2.26. The molecule has 0 aromatic heterocycles. The highest BCUT2D eigenvalue weighted by atomic mass is 19.1. The van der Waals surface area contributed by atoms with E-state index in [2.05, 4.69) is 0 Å². The van der Waals surface area contributed by atoms with Crippen molar-refractivity contribution in [3.8, 4) is 5.75 Å². The lowest BCUT2D eigenvalue weighted by Crippen LogP contribution is -2.26. The van der Waals surface area contributed by atoms with Gasteiger partial charge in [0.25, 0.3) is 0 Å². The largest absolute Gasteiger partial charge is 0.494 e. The van der Waals surface area contributed by atoms with Gasteiger partial charge in [-0.15, -0.1) is 0 Å². The van der Waals surface area contributed by atoms with Crippen LogP contribution in [-0.2, 0) is 16.0 Å². The van der Waals surface area contributed by atoms with Crippen molar-refractivity contribution < 1.29 is 18.7 Å². The molecule has 0 saturated carbocycles. The molecule has 3 nitrogen and oxygen atoms in total. The van der Waals surface area contributed by atoms with Gasteiger partial charge in [-0.3, -0.25) is 4.79 Å². The van der Waals surface area contributed by atoms with Crippen molar-refractivity contribution in [3.63, 3.8) is 0 Å². The van der Waals surface area contributed by atoms with E-state index in [9.17, 15) is 4.79 Å². The van der Waals surface area contributed by atoms with Crippen LogP contribution in [0.2, 0.25) is 0 Å². The van der Waals surface area contributed by atoms with Crippen LogP contribution in [0.5, 0.6) is 5.75 Å². The summed E-state index contributed by atoms with van der Waals surface area (Å²) in [4.78, 5) is 11.9. The lowest BCUT2D eigenvalue weighted by Gasteiger charge is -2.20. The van der Waals surface area contributed by atoms with Crippen LogP contribution in [-0.4, -0.2) is 19.2 Å². The summed E-state index contributed by atoms with van der Waals surface area (Å²) in [6, 6.07) is 15.5. The maximum Gasteiger partial charge on any atom is 0.311 e. The van der Waals surface area contributed by atoms with Gasteiger partial charge in [0.1, 0.15) is 11.6 Å². The number of fused-ring (bicyclic) bond motifs is 1. The molecule has 0 atom stereocenters. The maximum atomic E-state index is 15.2. The molecule has 4 heteroatoms. The molecule has 32 heavy (non-hydrogen) atoms. The summed E-state index contributed by atoms with van der Waals surface area (Å²) in [5.74, 6) is 0.565. The Hall–Kier alpha value is -2.62. The summed E-state index contributed by atoms with van der Waals surface area (Å²) in [6.45, 7) is 6.88. The quantitative estimate of drug-likeness (QED) is 0.287. The van der Waals surface area contributed by atoms with Crippen molar-refractivity contribution in [3.05, 3.63) is 65.2 Å². The summed E-state index contributed by atoms with van der Waals surface area (Å²) in [6.07, 6.45) is 6.04. The fraction of sp³-hybridized carbons (Fsp3) is 0.464. The first kappa shape index (κ1) is 24.0. The summed E-state index contributed by atoms with van der Waals surface area (Å²) >= 11 is 0.